The van der Waals surface area contributed by atoms with Crippen molar-refractivity contribution in [2.24, 2.45) is 0 Å². The van der Waals surface area contributed by atoms with E-state index in [0.717, 1.165) is 13.1 Å². The summed E-state index contributed by atoms with van der Waals surface area (Å²) in [5.74, 6) is -1.19. The molecule has 2 aromatic rings. The Bertz CT molecular complexity index is 1030. The van der Waals surface area contributed by atoms with Crippen LogP contribution in [0.1, 0.15) is 15.9 Å². The number of amides is 3. The van der Waals surface area contributed by atoms with Gasteiger partial charge in [-0.1, -0.05) is 6.07 Å². The monoisotopic (exact) mass is 455 g/mol. The van der Waals surface area contributed by atoms with Crippen LogP contribution in [-0.4, -0.2) is 66.9 Å². The molecule has 3 N–H and O–H groups in total. The van der Waals surface area contributed by atoms with Gasteiger partial charge in [0.15, 0.2) is 0 Å². The smallest absolute Gasteiger partial charge is 0.273 e. The van der Waals surface area contributed by atoms with Crippen LogP contribution in [-0.2, 0) is 14.3 Å². The molecule has 1 aliphatic rings. The molecule has 11 nitrogen and oxygen atoms in total. The third-order valence-corrected chi connectivity index (χ3v) is 5.00. The standard InChI is InChI=1S/C22H25N5O6/c1-15-2-3-16(12-19(15)27(31)32)22(30)23-13-20(28)24-17-4-6-18(7-5-17)25-21(29)14-26-8-10-33-11-9-26/h2-7,12H,8-11,13-14H2,1H3,(H,23,30)(H,24,28)(H,25,29). The van der Waals surface area contributed by atoms with Crippen LogP contribution in [0.15, 0.2) is 42.5 Å². The Balaban J connectivity index is 1.45. The van der Waals surface area contributed by atoms with E-state index in [-0.39, 0.29) is 30.2 Å². The molecule has 174 valence electrons. The molecule has 1 fully saturated rings. The maximum Gasteiger partial charge on any atom is 0.273 e. The van der Waals surface area contributed by atoms with Gasteiger partial charge in [-0.2, -0.15) is 0 Å². The molecule has 33 heavy (non-hydrogen) atoms. The Kier molecular flexibility index (Phi) is 8.06. The van der Waals surface area contributed by atoms with Crippen LogP contribution < -0.4 is 16.0 Å². The Morgan fingerprint density at radius 2 is 1.61 bits per heavy atom. The number of hydrogen-bond donors (Lipinski definition) is 3. The van der Waals surface area contributed by atoms with Crippen LogP contribution in [0.3, 0.4) is 0 Å². The van der Waals surface area contributed by atoms with Crippen molar-refractivity contribution in [2.75, 3.05) is 50.0 Å². The van der Waals surface area contributed by atoms with Crippen LogP contribution in [0.2, 0.25) is 0 Å². The molecule has 0 atom stereocenters. The average Bonchev–Trinajstić information content (AvgIpc) is 2.79. The van der Waals surface area contributed by atoms with E-state index >= 15 is 0 Å². The Labute approximate surface area is 190 Å². The number of aryl methyl sites for hydroxylation is 1. The van der Waals surface area contributed by atoms with Crippen LogP contribution in [0.5, 0.6) is 0 Å². The fourth-order valence-corrected chi connectivity index (χ4v) is 3.21. The van der Waals surface area contributed by atoms with Gasteiger partial charge >= 0.3 is 0 Å². The van der Waals surface area contributed by atoms with E-state index in [9.17, 15) is 24.5 Å². The molecule has 0 aromatic heterocycles. The van der Waals surface area contributed by atoms with Gasteiger partial charge in [0.2, 0.25) is 11.8 Å². The van der Waals surface area contributed by atoms with Gasteiger partial charge in [0.1, 0.15) is 0 Å². The summed E-state index contributed by atoms with van der Waals surface area (Å²) in [7, 11) is 0. The van der Waals surface area contributed by atoms with Gasteiger partial charge in [-0.15, -0.1) is 0 Å². The minimum absolute atomic E-state index is 0.0947. The first kappa shape index (κ1) is 23.8. The highest BCUT2D eigenvalue weighted by Gasteiger charge is 2.16. The van der Waals surface area contributed by atoms with Crippen molar-refractivity contribution in [1.29, 1.82) is 0 Å². The summed E-state index contributed by atoms with van der Waals surface area (Å²) in [6.45, 7) is 4.23. The van der Waals surface area contributed by atoms with Gasteiger partial charge in [0.25, 0.3) is 11.6 Å². The first-order valence-electron chi connectivity index (χ1n) is 10.3. The average molecular weight is 455 g/mol. The molecular formula is C22H25N5O6. The largest absolute Gasteiger partial charge is 0.379 e. The predicted molar refractivity (Wildman–Crippen MR) is 121 cm³/mol. The van der Waals surface area contributed by atoms with Crippen molar-refractivity contribution in [2.45, 2.75) is 6.92 Å². The van der Waals surface area contributed by atoms with Gasteiger partial charge in [0.05, 0.1) is 31.2 Å². The third-order valence-electron chi connectivity index (χ3n) is 5.00. The summed E-state index contributed by atoms with van der Waals surface area (Å²) in [5.41, 5.74) is 1.46. The first-order valence-corrected chi connectivity index (χ1v) is 10.3. The lowest BCUT2D eigenvalue weighted by atomic mass is 10.1. The number of benzene rings is 2. The number of nitrogens with one attached hydrogen (secondary N) is 3. The third kappa shape index (κ3) is 7.09. The van der Waals surface area contributed by atoms with E-state index in [1.54, 1.807) is 31.2 Å². The number of morpholine rings is 1. The van der Waals surface area contributed by atoms with E-state index in [2.05, 4.69) is 16.0 Å². The summed E-state index contributed by atoms with van der Waals surface area (Å²) in [6.07, 6.45) is 0. The topological polar surface area (TPSA) is 143 Å². The van der Waals surface area contributed by atoms with Gasteiger partial charge in [0, 0.05) is 41.7 Å². The number of rotatable bonds is 8. The second-order valence-corrected chi connectivity index (χ2v) is 7.50. The number of anilines is 2. The second-order valence-electron chi connectivity index (χ2n) is 7.50. The molecule has 0 aliphatic carbocycles. The molecule has 1 aliphatic heterocycles. The number of nitro benzene ring substituents is 1. The fraction of sp³-hybridized carbons (Fsp3) is 0.318. The zero-order valence-electron chi connectivity index (χ0n) is 18.1. The second kappa shape index (κ2) is 11.2. The molecule has 3 amide bonds. The number of hydrogen-bond acceptors (Lipinski definition) is 7. The quantitative estimate of drug-likeness (QED) is 0.405. The summed E-state index contributed by atoms with van der Waals surface area (Å²) in [4.78, 5) is 49.0. The lowest BCUT2D eigenvalue weighted by molar-refractivity contribution is -0.385. The van der Waals surface area contributed by atoms with Crippen molar-refractivity contribution in [3.05, 3.63) is 63.7 Å². The molecule has 0 spiro atoms. The molecule has 1 heterocycles. The summed E-state index contributed by atoms with van der Waals surface area (Å²) in [6, 6.07) is 10.7. The summed E-state index contributed by atoms with van der Waals surface area (Å²) < 4.78 is 5.26. The first-order chi connectivity index (χ1) is 15.8. The number of carbonyl (C=O) groups excluding carboxylic acids is 3. The van der Waals surface area contributed by atoms with E-state index in [4.69, 9.17) is 4.74 Å². The number of nitro groups is 1. The Hall–Kier alpha value is -3.83. The SMILES string of the molecule is Cc1ccc(C(=O)NCC(=O)Nc2ccc(NC(=O)CN3CCOCC3)cc2)cc1[N+](=O)[O-]. The molecule has 1 saturated heterocycles. The number of ether oxygens (including phenoxy) is 1. The van der Waals surface area contributed by atoms with Gasteiger partial charge in [-0.05, 0) is 37.3 Å². The summed E-state index contributed by atoms with van der Waals surface area (Å²) in [5, 5.41) is 18.9. The van der Waals surface area contributed by atoms with E-state index in [1.807, 2.05) is 4.90 Å². The van der Waals surface area contributed by atoms with Crippen LogP contribution >= 0.6 is 0 Å². The Morgan fingerprint density at radius 3 is 2.21 bits per heavy atom. The molecule has 0 unspecified atom stereocenters. The van der Waals surface area contributed by atoms with Crippen LogP contribution in [0.25, 0.3) is 0 Å². The van der Waals surface area contributed by atoms with E-state index < -0.39 is 16.7 Å². The lowest BCUT2D eigenvalue weighted by Gasteiger charge is -2.25. The van der Waals surface area contributed by atoms with E-state index in [1.165, 1.54) is 18.2 Å². The molecular weight excluding hydrogens is 430 g/mol. The lowest BCUT2D eigenvalue weighted by Crippen LogP contribution is -2.41. The van der Waals surface area contributed by atoms with Gasteiger partial charge in [-0.25, -0.2) is 0 Å². The molecule has 3 rings (SSSR count). The van der Waals surface area contributed by atoms with Crippen LogP contribution in [0.4, 0.5) is 17.1 Å². The highest BCUT2D eigenvalue weighted by Crippen LogP contribution is 2.19. The van der Waals surface area contributed by atoms with Crippen molar-refractivity contribution in [3.63, 3.8) is 0 Å². The molecule has 2 aromatic carbocycles. The normalized spacial score (nSPS) is 13.7. The number of nitrogens with zero attached hydrogens (tertiary/aromatic N) is 2. The maximum atomic E-state index is 12.2. The predicted octanol–water partition coefficient (Wildman–Crippen LogP) is 1.54. The molecule has 0 saturated carbocycles. The fourth-order valence-electron chi connectivity index (χ4n) is 3.21. The highest BCUT2D eigenvalue weighted by atomic mass is 16.6. The van der Waals surface area contributed by atoms with Crippen molar-refractivity contribution in [1.82, 2.24) is 10.2 Å². The Morgan fingerprint density at radius 1 is 1.00 bits per heavy atom. The zero-order chi connectivity index (χ0) is 23.8. The van der Waals surface area contributed by atoms with Crippen molar-refractivity contribution >= 4 is 34.8 Å². The number of carbonyl (C=O) groups is 3. The highest BCUT2D eigenvalue weighted by molar-refractivity contribution is 6.00. The van der Waals surface area contributed by atoms with Gasteiger partial charge < -0.3 is 20.7 Å². The van der Waals surface area contributed by atoms with E-state index in [0.29, 0.717) is 30.2 Å². The minimum Gasteiger partial charge on any atom is -0.379 e. The minimum atomic E-state index is -0.591. The van der Waals surface area contributed by atoms with Gasteiger partial charge in [-0.3, -0.25) is 29.4 Å². The van der Waals surface area contributed by atoms with Crippen LogP contribution in [0, 0.1) is 17.0 Å². The van der Waals surface area contributed by atoms with Crippen molar-refractivity contribution < 1.29 is 24.0 Å². The molecule has 11 heteroatoms. The zero-order valence-corrected chi connectivity index (χ0v) is 18.1. The maximum absolute atomic E-state index is 12.2. The summed E-state index contributed by atoms with van der Waals surface area (Å²) >= 11 is 0. The molecule has 0 bridgehead atoms. The van der Waals surface area contributed by atoms with Crippen molar-refractivity contribution in [3.8, 4) is 0 Å². The molecule has 0 radical (unpaired) electrons.